The first-order chi connectivity index (χ1) is 12.3. The van der Waals surface area contributed by atoms with Crippen molar-refractivity contribution in [3.63, 3.8) is 0 Å². The molecule has 0 atom stereocenters. The van der Waals surface area contributed by atoms with Crippen LogP contribution in [0.5, 0.6) is 0 Å². The van der Waals surface area contributed by atoms with Crippen LogP contribution < -0.4 is 33.4 Å². The number of thioether (sulfide) groups is 1. The van der Waals surface area contributed by atoms with Gasteiger partial charge in [0.05, 0.1) is 16.1 Å². The Morgan fingerprint density at radius 3 is 2.77 bits per heavy atom. The van der Waals surface area contributed by atoms with Gasteiger partial charge in [0.15, 0.2) is 6.20 Å². The number of fused-ring (bicyclic) bond motifs is 3. The van der Waals surface area contributed by atoms with Crippen molar-refractivity contribution in [2.75, 3.05) is 11.4 Å². The van der Waals surface area contributed by atoms with Crippen LogP contribution in [0.15, 0.2) is 70.1 Å². The molecule has 134 valence electrons. The predicted octanol–water partition coefficient (Wildman–Crippen LogP) is 2.70. The molecule has 0 fully saturated rings. The number of nitrogens with zero attached hydrogens (tertiary/aromatic N) is 2. The summed E-state index contributed by atoms with van der Waals surface area (Å²) < 4.78 is 2.27. The number of anilines is 1. The van der Waals surface area contributed by atoms with E-state index in [-0.39, 0.29) is 24.0 Å². The van der Waals surface area contributed by atoms with Gasteiger partial charge < -0.3 is 28.9 Å². The lowest BCUT2D eigenvalue weighted by atomic mass is 10.1. The van der Waals surface area contributed by atoms with Gasteiger partial charge in [-0.2, -0.15) is 4.57 Å². The Kier molecular flexibility index (Phi) is 6.42. The number of benzene rings is 2. The van der Waals surface area contributed by atoms with Crippen LogP contribution in [0.4, 0.5) is 5.69 Å². The molecule has 0 bridgehead atoms. The number of allylic oxidation sites excluding steroid dienone is 2. The topological polar surface area (TPSA) is 7.12 Å². The summed E-state index contributed by atoms with van der Waals surface area (Å²) in [6, 6.07) is 13.1. The van der Waals surface area contributed by atoms with Crippen molar-refractivity contribution < 1.29 is 28.5 Å². The number of hydrogen-bond acceptors (Lipinski definition) is 3. The molecule has 1 aliphatic rings. The molecule has 0 saturated carbocycles. The van der Waals surface area contributed by atoms with Crippen LogP contribution in [0, 0.1) is 0 Å². The SMILES string of the molecule is CCN1/C(=C\C=C\c2scc[n+]2CC)Sc2c1ccc1ccccc21.[I-]. The fourth-order valence-corrected chi connectivity index (χ4v) is 5.31. The summed E-state index contributed by atoms with van der Waals surface area (Å²) in [6.07, 6.45) is 8.76. The van der Waals surface area contributed by atoms with Crippen molar-refractivity contribution in [2.45, 2.75) is 25.3 Å². The zero-order valence-corrected chi connectivity index (χ0v) is 18.6. The Labute approximate surface area is 180 Å². The van der Waals surface area contributed by atoms with E-state index in [1.165, 1.54) is 31.4 Å². The Bertz CT molecular complexity index is 975. The van der Waals surface area contributed by atoms with Gasteiger partial charge in [-0.15, -0.1) is 0 Å². The molecule has 2 heterocycles. The third-order valence-corrected chi connectivity index (χ3v) is 6.54. The zero-order chi connectivity index (χ0) is 17.2. The van der Waals surface area contributed by atoms with Crippen molar-refractivity contribution in [1.29, 1.82) is 0 Å². The number of aromatic nitrogens is 1. The maximum absolute atomic E-state index is 2.40. The van der Waals surface area contributed by atoms with Crippen molar-refractivity contribution >= 4 is 45.6 Å². The normalized spacial score (nSPS) is 15.0. The highest BCUT2D eigenvalue weighted by molar-refractivity contribution is 8.04. The molecule has 0 aliphatic carbocycles. The van der Waals surface area contributed by atoms with E-state index >= 15 is 0 Å². The highest BCUT2D eigenvalue weighted by Crippen LogP contribution is 2.49. The summed E-state index contributed by atoms with van der Waals surface area (Å²) in [5.74, 6) is 0. The van der Waals surface area contributed by atoms with E-state index in [0.29, 0.717) is 0 Å². The van der Waals surface area contributed by atoms with Crippen LogP contribution in [-0.2, 0) is 6.54 Å². The predicted molar refractivity (Wildman–Crippen MR) is 110 cm³/mol. The molecule has 0 amide bonds. The second-order valence-electron chi connectivity index (χ2n) is 5.87. The molecule has 4 rings (SSSR count). The van der Waals surface area contributed by atoms with Crippen molar-refractivity contribution in [1.82, 2.24) is 0 Å². The summed E-state index contributed by atoms with van der Waals surface area (Å²) in [7, 11) is 0. The molecule has 0 N–H and O–H groups in total. The average molecular weight is 492 g/mol. The van der Waals surface area contributed by atoms with Crippen LogP contribution in [0.3, 0.4) is 0 Å². The van der Waals surface area contributed by atoms with Gasteiger partial charge in [-0.3, -0.25) is 0 Å². The number of thiazole rings is 1. The first-order valence-electron chi connectivity index (χ1n) is 8.64. The quantitative estimate of drug-likeness (QED) is 0.409. The Balaban J connectivity index is 0.00000196. The van der Waals surface area contributed by atoms with Gasteiger partial charge in [0.25, 0.3) is 5.01 Å². The maximum atomic E-state index is 2.40. The van der Waals surface area contributed by atoms with E-state index in [0.717, 1.165) is 13.1 Å². The van der Waals surface area contributed by atoms with E-state index in [1.807, 2.05) is 11.8 Å². The van der Waals surface area contributed by atoms with Crippen molar-refractivity contribution in [3.05, 3.63) is 70.2 Å². The summed E-state index contributed by atoms with van der Waals surface area (Å²) in [5.41, 5.74) is 1.32. The number of hydrogen-bond donors (Lipinski definition) is 0. The molecule has 0 unspecified atom stereocenters. The van der Waals surface area contributed by atoms with Crippen LogP contribution in [0.1, 0.15) is 18.9 Å². The highest BCUT2D eigenvalue weighted by Gasteiger charge is 2.25. The summed E-state index contributed by atoms with van der Waals surface area (Å²) in [6.45, 7) is 6.38. The number of halogens is 1. The maximum Gasteiger partial charge on any atom is 0.261 e. The second-order valence-corrected chi connectivity index (χ2v) is 7.83. The molecule has 5 heteroatoms. The monoisotopic (exact) mass is 492 g/mol. The lowest BCUT2D eigenvalue weighted by Gasteiger charge is -2.17. The minimum absolute atomic E-state index is 0. The Hall–Kier alpha value is -1.31. The van der Waals surface area contributed by atoms with Crippen LogP contribution >= 0.6 is 23.1 Å². The smallest absolute Gasteiger partial charge is 0.261 e. The molecule has 2 nitrogen and oxygen atoms in total. The highest BCUT2D eigenvalue weighted by atomic mass is 127. The molecular formula is C21H21IN2S2. The fourth-order valence-electron chi connectivity index (χ4n) is 3.20. The lowest BCUT2D eigenvalue weighted by Crippen LogP contribution is -3.00. The molecule has 0 saturated heterocycles. The molecule has 1 aromatic heterocycles. The van der Waals surface area contributed by atoms with E-state index in [2.05, 4.69) is 89.5 Å². The summed E-state index contributed by atoms with van der Waals surface area (Å²) in [5, 5.41) is 7.38. The first kappa shape index (κ1) is 19.5. The molecule has 26 heavy (non-hydrogen) atoms. The first-order valence-corrected chi connectivity index (χ1v) is 10.3. The average Bonchev–Trinajstić information content (AvgIpc) is 3.25. The van der Waals surface area contributed by atoms with Gasteiger partial charge in [-0.25, -0.2) is 0 Å². The number of aryl methyl sites for hydroxylation is 1. The van der Waals surface area contributed by atoms with Crippen molar-refractivity contribution in [2.24, 2.45) is 0 Å². The summed E-state index contributed by atoms with van der Waals surface area (Å²) in [4.78, 5) is 3.78. The van der Waals surface area contributed by atoms with E-state index in [9.17, 15) is 0 Å². The van der Waals surface area contributed by atoms with Gasteiger partial charge in [0.2, 0.25) is 0 Å². The van der Waals surface area contributed by atoms with Gasteiger partial charge >= 0.3 is 0 Å². The van der Waals surface area contributed by atoms with E-state index in [4.69, 9.17) is 0 Å². The van der Waals surface area contributed by atoms with Crippen molar-refractivity contribution in [3.8, 4) is 0 Å². The molecular weight excluding hydrogens is 471 g/mol. The molecule has 2 aromatic carbocycles. The largest absolute Gasteiger partial charge is 1.00 e. The minimum atomic E-state index is 0. The standard InChI is InChI=1S/C21H21N2S2.HI/c1-3-22-14-15-24-19(22)10-7-11-20-23(4-2)18-13-12-16-8-5-6-9-17(16)21(18)25-20;/h5-15H,3-4H2,1-2H3;1H/q+1;/p-1. The van der Waals surface area contributed by atoms with Gasteiger partial charge in [0.1, 0.15) is 6.54 Å². The minimum Gasteiger partial charge on any atom is -1.00 e. The van der Waals surface area contributed by atoms with Crippen LogP contribution in [0.2, 0.25) is 0 Å². The molecule has 3 aromatic rings. The zero-order valence-electron chi connectivity index (χ0n) is 14.9. The van der Waals surface area contributed by atoms with Crippen LogP contribution in [0.25, 0.3) is 16.8 Å². The lowest BCUT2D eigenvalue weighted by molar-refractivity contribution is -0.690. The van der Waals surface area contributed by atoms with Crippen LogP contribution in [-0.4, -0.2) is 6.54 Å². The van der Waals surface area contributed by atoms with Gasteiger partial charge in [-0.05, 0) is 36.8 Å². The third kappa shape index (κ3) is 3.57. The van der Waals surface area contributed by atoms with E-state index in [1.54, 1.807) is 11.3 Å². The van der Waals surface area contributed by atoms with E-state index < -0.39 is 0 Å². The van der Waals surface area contributed by atoms with Gasteiger partial charge in [-0.1, -0.05) is 59.5 Å². The fraction of sp³-hybridized carbons (Fsp3) is 0.190. The second kappa shape index (κ2) is 8.59. The summed E-state index contributed by atoms with van der Waals surface area (Å²) >= 11 is 3.66. The Morgan fingerprint density at radius 1 is 1.12 bits per heavy atom. The Morgan fingerprint density at radius 2 is 1.96 bits per heavy atom. The molecule has 0 radical (unpaired) electrons. The molecule has 1 aliphatic heterocycles. The van der Waals surface area contributed by atoms with Gasteiger partial charge in [0, 0.05) is 17.5 Å². The molecule has 0 spiro atoms. The third-order valence-electron chi connectivity index (χ3n) is 4.47. The number of rotatable bonds is 4.